The molecular formula is C19H23N3O2. The minimum absolute atomic E-state index is 0.0312. The molecule has 2 aromatic carbocycles. The first-order chi connectivity index (χ1) is 11.6. The van der Waals surface area contributed by atoms with E-state index in [0.717, 1.165) is 23.4 Å². The first kappa shape index (κ1) is 16.3. The molecule has 5 nitrogen and oxygen atoms in total. The van der Waals surface area contributed by atoms with Crippen LogP contribution in [0.2, 0.25) is 0 Å². The zero-order valence-corrected chi connectivity index (χ0v) is 14.1. The molecule has 1 aliphatic rings. The van der Waals surface area contributed by atoms with E-state index in [1.807, 2.05) is 60.5 Å². The SMILES string of the molecule is COc1ccc(CCN2C(=O)CN(C)C2c2ccc(N)cc2)cc1. The Labute approximate surface area is 142 Å². The number of carbonyl (C=O) groups excluding carboxylic acids is 1. The van der Waals surface area contributed by atoms with Gasteiger partial charge in [0.05, 0.1) is 13.7 Å². The molecule has 126 valence electrons. The molecule has 0 spiro atoms. The molecule has 1 fully saturated rings. The van der Waals surface area contributed by atoms with Gasteiger partial charge in [-0.1, -0.05) is 24.3 Å². The van der Waals surface area contributed by atoms with Gasteiger partial charge in [-0.3, -0.25) is 9.69 Å². The minimum atomic E-state index is -0.0312. The Balaban J connectivity index is 1.73. The van der Waals surface area contributed by atoms with Crippen LogP contribution in [0.3, 0.4) is 0 Å². The van der Waals surface area contributed by atoms with E-state index in [4.69, 9.17) is 10.5 Å². The van der Waals surface area contributed by atoms with E-state index in [1.54, 1.807) is 7.11 Å². The van der Waals surface area contributed by atoms with E-state index in [0.29, 0.717) is 13.1 Å². The van der Waals surface area contributed by atoms with Crippen LogP contribution >= 0.6 is 0 Å². The predicted octanol–water partition coefficient (Wildman–Crippen LogP) is 2.29. The van der Waals surface area contributed by atoms with Crippen LogP contribution in [-0.2, 0) is 11.2 Å². The van der Waals surface area contributed by atoms with Crippen LogP contribution in [0.25, 0.3) is 0 Å². The van der Waals surface area contributed by atoms with Crippen molar-refractivity contribution in [3.05, 3.63) is 59.7 Å². The van der Waals surface area contributed by atoms with E-state index in [2.05, 4.69) is 4.90 Å². The third kappa shape index (κ3) is 3.36. The average Bonchev–Trinajstić information content (AvgIpc) is 2.88. The maximum Gasteiger partial charge on any atom is 0.238 e. The molecule has 1 unspecified atom stereocenters. The Hall–Kier alpha value is -2.53. The van der Waals surface area contributed by atoms with Crippen molar-refractivity contribution in [3.63, 3.8) is 0 Å². The summed E-state index contributed by atoms with van der Waals surface area (Å²) >= 11 is 0. The van der Waals surface area contributed by atoms with Gasteiger partial charge < -0.3 is 15.4 Å². The zero-order valence-electron chi connectivity index (χ0n) is 14.1. The van der Waals surface area contributed by atoms with Crippen molar-refractivity contribution in [1.29, 1.82) is 0 Å². The fourth-order valence-corrected chi connectivity index (χ4v) is 3.16. The van der Waals surface area contributed by atoms with Crippen LogP contribution in [0.15, 0.2) is 48.5 Å². The van der Waals surface area contributed by atoms with Gasteiger partial charge in [-0.15, -0.1) is 0 Å². The molecule has 5 heteroatoms. The van der Waals surface area contributed by atoms with Gasteiger partial charge in [-0.25, -0.2) is 0 Å². The number of benzene rings is 2. The van der Waals surface area contributed by atoms with Gasteiger partial charge in [-0.2, -0.15) is 0 Å². The molecule has 1 heterocycles. The highest BCUT2D eigenvalue weighted by Gasteiger charge is 2.35. The lowest BCUT2D eigenvalue weighted by Gasteiger charge is -2.28. The van der Waals surface area contributed by atoms with Gasteiger partial charge in [0.2, 0.25) is 5.91 Å². The number of nitrogens with zero attached hydrogens (tertiary/aromatic N) is 2. The monoisotopic (exact) mass is 325 g/mol. The number of methoxy groups -OCH3 is 1. The molecule has 24 heavy (non-hydrogen) atoms. The summed E-state index contributed by atoms with van der Waals surface area (Å²) in [5.74, 6) is 1.00. The number of rotatable bonds is 5. The first-order valence-corrected chi connectivity index (χ1v) is 8.06. The average molecular weight is 325 g/mol. The summed E-state index contributed by atoms with van der Waals surface area (Å²) in [7, 11) is 3.64. The molecule has 1 saturated heterocycles. The number of hydrogen-bond acceptors (Lipinski definition) is 4. The van der Waals surface area contributed by atoms with Crippen LogP contribution in [0.4, 0.5) is 5.69 Å². The zero-order chi connectivity index (χ0) is 17.1. The summed E-state index contributed by atoms with van der Waals surface area (Å²) in [6, 6.07) is 15.7. The number of ether oxygens (including phenoxy) is 1. The molecule has 3 rings (SSSR count). The Morgan fingerprint density at radius 3 is 2.42 bits per heavy atom. The van der Waals surface area contributed by atoms with E-state index in [9.17, 15) is 4.79 Å². The molecule has 0 aromatic heterocycles. The number of likely N-dealkylation sites (N-methyl/N-ethyl adjacent to an activating group) is 1. The van der Waals surface area contributed by atoms with Gasteiger partial charge in [0, 0.05) is 12.2 Å². The lowest BCUT2D eigenvalue weighted by Crippen LogP contribution is -2.32. The van der Waals surface area contributed by atoms with Crippen molar-refractivity contribution in [2.24, 2.45) is 0 Å². The van der Waals surface area contributed by atoms with E-state index < -0.39 is 0 Å². The van der Waals surface area contributed by atoms with Crippen LogP contribution in [0, 0.1) is 0 Å². The summed E-state index contributed by atoms with van der Waals surface area (Å²) in [4.78, 5) is 16.4. The van der Waals surface area contributed by atoms with Gasteiger partial charge in [0.15, 0.2) is 0 Å². The lowest BCUT2D eigenvalue weighted by atomic mass is 10.1. The predicted molar refractivity (Wildman–Crippen MR) is 94.6 cm³/mol. The molecule has 1 amide bonds. The van der Waals surface area contributed by atoms with E-state index >= 15 is 0 Å². The lowest BCUT2D eigenvalue weighted by molar-refractivity contribution is -0.128. The largest absolute Gasteiger partial charge is 0.497 e. The van der Waals surface area contributed by atoms with Crippen LogP contribution in [0.5, 0.6) is 5.75 Å². The third-order valence-corrected chi connectivity index (χ3v) is 4.45. The van der Waals surface area contributed by atoms with Crippen LogP contribution in [-0.4, -0.2) is 43.0 Å². The van der Waals surface area contributed by atoms with Gasteiger partial charge >= 0.3 is 0 Å². The third-order valence-electron chi connectivity index (χ3n) is 4.45. The smallest absolute Gasteiger partial charge is 0.238 e. The second-order valence-electron chi connectivity index (χ2n) is 6.14. The van der Waals surface area contributed by atoms with Crippen LogP contribution < -0.4 is 10.5 Å². The molecule has 2 N–H and O–H groups in total. The minimum Gasteiger partial charge on any atom is -0.497 e. The maximum atomic E-state index is 12.4. The highest BCUT2D eigenvalue weighted by molar-refractivity contribution is 5.81. The molecule has 1 atom stereocenters. The number of nitrogens with two attached hydrogens (primary N) is 1. The summed E-state index contributed by atoms with van der Waals surface area (Å²) < 4.78 is 5.18. The van der Waals surface area contributed by atoms with Crippen molar-refractivity contribution >= 4 is 11.6 Å². The fraction of sp³-hybridized carbons (Fsp3) is 0.316. The van der Waals surface area contributed by atoms with Crippen LogP contribution in [0.1, 0.15) is 17.3 Å². The Bertz CT molecular complexity index is 698. The van der Waals surface area contributed by atoms with Gasteiger partial charge in [0.25, 0.3) is 0 Å². The highest BCUT2D eigenvalue weighted by Crippen LogP contribution is 2.30. The summed E-state index contributed by atoms with van der Waals surface area (Å²) in [6.45, 7) is 1.13. The standard InChI is InChI=1S/C19H23N3O2/c1-21-13-18(23)22(19(21)15-5-7-16(20)8-6-15)12-11-14-3-9-17(24-2)10-4-14/h3-10,19H,11-13,20H2,1-2H3. The van der Waals surface area contributed by atoms with Gasteiger partial charge in [-0.05, 0) is 48.9 Å². The number of amides is 1. The summed E-state index contributed by atoms with van der Waals surface area (Å²) in [5.41, 5.74) is 8.79. The molecule has 1 aliphatic heterocycles. The highest BCUT2D eigenvalue weighted by atomic mass is 16.5. The van der Waals surface area contributed by atoms with E-state index in [1.165, 1.54) is 5.56 Å². The normalized spacial score (nSPS) is 18.2. The number of hydrogen-bond donors (Lipinski definition) is 1. The van der Waals surface area contributed by atoms with Crippen molar-refractivity contribution in [1.82, 2.24) is 9.80 Å². The fourth-order valence-electron chi connectivity index (χ4n) is 3.16. The second kappa shape index (κ2) is 6.93. The Morgan fingerprint density at radius 1 is 1.12 bits per heavy atom. The Morgan fingerprint density at radius 2 is 1.79 bits per heavy atom. The molecule has 0 bridgehead atoms. The second-order valence-corrected chi connectivity index (χ2v) is 6.14. The molecule has 0 aliphatic carbocycles. The van der Waals surface area contributed by atoms with Crippen molar-refractivity contribution in [2.75, 3.05) is 33.0 Å². The van der Waals surface area contributed by atoms with Crippen molar-refractivity contribution in [3.8, 4) is 5.75 Å². The number of carbonyl (C=O) groups is 1. The van der Waals surface area contributed by atoms with E-state index in [-0.39, 0.29) is 12.1 Å². The van der Waals surface area contributed by atoms with Crippen molar-refractivity contribution in [2.45, 2.75) is 12.6 Å². The summed E-state index contributed by atoms with van der Waals surface area (Å²) in [6.07, 6.45) is 0.783. The topological polar surface area (TPSA) is 58.8 Å². The summed E-state index contributed by atoms with van der Waals surface area (Å²) in [5, 5.41) is 0. The van der Waals surface area contributed by atoms with Crippen molar-refractivity contribution < 1.29 is 9.53 Å². The quantitative estimate of drug-likeness (QED) is 0.857. The molecule has 0 radical (unpaired) electrons. The molecule has 0 saturated carbocycles. The molecular weight excluding hydrogens is 302 g/mol. The number of nitrogen functional groups attached to an aromatic ring is 1. The maximum absolute atomic E-state index is 12.4. The first-order valence-electron chi connectivity index (χ1n) is 8.06. The Kier molecular flexibility index (Phi) is 4.71. The molecule has 2 aromatic rings. The van der Waals surface area contributed by atoms with Gasteiger partial charge in [0.1, 0.15) is 11.9 Å². The number of anilines is 1.